The van der Waals surface area contributed by atoms with Gasteiger partial charge in [0.15, 0.2) is 0 Å². The molecule has 1 saturated carbocycles. The Morgan fingerprint density at radius 3 is 2.55 bits per heavy atom. The van der Waals surface area contributed by atoms with Gasteiger partial charge in [-0.3, -0.25) is 11.3 Å². The Balaban J connectivity index is 1.93. The van der Waals surface area contributed by atoms with Gasteiger partial charge < -0.3 is 0 Å². The summed E-state index contributed by atoms with van der Waals surface area (Å²) in [6, 6.07) is 6.40. The summed E-state index contributed by atoms with van der Waals surface area (Å²) < 4.78 is 1.02. The first-order chi connectivity index (χ1) is 9.69. The minimum absolute atomic E-state index is 0.316. The van der Waals surface area contributed by atoms with Crippen LogP contribution in [-0.2, 0) is 6.42 Å². The van der Waals surface area contributed by atoms with Gasteiger partial charge in [0.1, 0.15) is 0 Å². The second-order valence-electron chi connectivity index (χ2n) is 5.90. The van der Waals surface area contributed by atoms with E-state index >= 15 is 0 Å². The van der Waals surface area contributed by atoms with Crippen LogP contribution in [0.3, 0.4) is 0 Å². The Morgan fingerprint density at radius 2 is 1.95 bits per heavy atom. The van der Waals surface area contributed by atoms with Gasteiger partial charge in [0.2, 0.25) is 0 Å². The van der Waals surface area contributed by atoms with Crippen LogP contribution < -0.4 is 11.3 Å². The summed E-state index contributed by atoms with van der Waals surface area (Å²) in [5.41, 5.74) is 4.16. The maximum absolute atomic E-state index is 6.30. The lowest BCUT2D eigenvalue weighted by Crippen LogP contribution is -2.38. The van der Waals surface area contributed by atoms with Crippen LogP contribution in [0, 0.1) is 5.92 Å². The Morgan fingerprint density at radius 1 is 1.25 bits per heavy atom. The first kappa shape index (κ1) is 16.3. The minimum Gasteiger partial charge on any atom is -0.271 e. The molecule has 112 valence electrons. The molecule has 3 N–H and O–H groups in total. The molecular formula is C16H24BrClN2. The molecule has 0 amide bonds. The summed E-state index contributed by atoms with van der Waals surface area (Å²) in [5.74, 6) is 6.57. The van der Waals surface area contributed by atoms with Crippen molar-refractivity contribution in [2.45, 2.75) is 57.4 Å². The Kier molecular flexibility index (Phi) is 6.82. The molecule has 1 fully saturated rings. The summed E-state index contributed by atoms with van der Waals surface area (Å²) in [5, 5.41) is 0.820. The third-order valence-corrected chi connectivity index (χ3v) is 5.15. The first-order valence-electron chi connectivity index (χ1n) is 7.59. The molecule has 0 radical (unpaired) electrons. The van der Waals surface area contributed by atoms with Crippen molar-refractivity contribution in [2.75, 3.05) is 0 Å². The van der Waals surface area contributed by atoms with Crippen molar-refractivity contribution in [3.05, 3.63) is 33.3 Å². The van der Waals surface area contributed by atoms with E-state index in [1.807, 2.05) is 12.1 Å². The maximum Gasteiger partial charge on any atom is 0.0449 e. The summed E-state index contributed by atoms with van der Waals surface area (Å²) in [7, 11) is 0. The average Bonchev–Trinajstić information content (AvgIpc) is 2.69. The van der Waals surface area contributed by atoms with E-state index in [0.717, 1.165) is 28.3 Å². The van der Waals surface area contributed by atoms with Crippen molar-refractivity contribution in [3.63, 3.8) is 0 Å². The van der Waals surface area contributed by atoms with E-state index in [2.05, 4.69) is 27.4 Å². The van der Waals surface area contributed by atoms with Crippen molar-refractivity contribution < 1.29 is 0 Å². The highest BCUT2D eigenvalue weighted by molar-refractivity contribution is 9.10. The number of hydrazine groups is 1. The van der Waals surface area contributed by atoms with Gasteiger partial charge in [-0.15, -0.1) is 0 Å². The number of hydrogen-bond donors (Lipinski definition) is 2. The van der Waals surface area contributed by atoms with Crippen LogP contribution in [-0.4, -0.2) is 6.04 Å². The fourth-order valence-corrected chi connectivity index (χ4v) is 3.92. The van der Waals surface area contributed by atoms with Gasteiger partial charge in [-0.2, -0.15) is 0 Å². The lowest BCUT2D eigenvalue weighted by molar-refractivity contribution is 0.352. The fourth-order valence-electron chi connectivity index (χ4n) is 3.16. The number of nitrogens with two attached hydrogens (primary N) is 1. The minimum atomic E-state index is 0.316. The predicted octanol–water partition coefficient (Wildman–Crippen LogP) is 4.84. The SMILES string of the molecule is NNC(Cc1ccc(Br)cc1Cl)CC1CCCCCC1. The molecule has 0 aromatic heterocycles. The van der Waals surface area contributed by atoms with Gasteiger partial charge in [0.25, 0.3) is 0 Å². The van der Waals surface area contributed by atoms with Crippen LogP contribution >= 0.6 is 27.5 Å². The summed E-state index contributed by atoms with van der Waals surface area (Å²) in [6.07, 6.45) is 10.3. The topological polar surface area (TPSA) is 38.0 Å². The van der Waals surface area contributed by atoms with Crippen LogP contribution in [0.2, 0.25) is 5.02 Å². The molecule has 2 rings (SSSR count). The molecule has 0 aliphatic heterocycles. The second-order valence-corrected chi connectivity index (χ2v) is 7.22. The standard InChI is InChI=1S/C16H24BrClN2/c17-14-8-7-13(16(18)11-14)10-15(20-19)9-12-5-3-1-2-4-6-12/h7-8,11-12,15,20H,1-6,9-10,19H2. The van der Waals surface area contributed by atoms with Crippen LogP contribution in [0.15, 0.2) is 22.7 Å². The third kappa shape index (κ3) is 5.03. The molecule has 20 heavy (non-hydrogen) atoms. The predicted molar refractivity (Wildman–Crippen MR) is 89.8 cm³/mol. The van der Waals surface area contributed by atoms with Gasteiger partial charge in [0, 0.05) is 15.5 Å². The normalized spacial score (nSPS) is 18.8. The van der Waals surface area contributed by atoms with Crippen molar-refractivity contribution in [2.24, 2.45) is 11.8 Å². The summed E-state index contributed by atoms with van der Waals surface area (Å²) in [6.45, 7) is 0. The fraction of sp³-hybridized carbons (Fsp3) is 0.625. The van der Waals surface area contributed by atoms with Crippen LogP contribution in [0.4, 0.5) is 0 Å². The third-order valence-electron chi connectivity index (χ3n) is 4.31. The zero-order valence-electron chi connectivity index (χ0n) is 11.9. The highest BCUT2D eigenvalue weighted by atomic mass is 79.9. The molecule has 0 saturated heterocycles. The number of rotatable bonds is 5. The maximum atomic E-state index is 6.30. The lowest BCUT2D eigenvalue weighted by atomic mass is 9.90. The van der Waals surface area contributed by atoms with E-state index in [9.17, 15) is 0 Å². The number of hydrogen-bond acceptors (Lipinski definition) is 2. The summed E-state index contributed by atoms with van der Waals surface area (Å²) >= 11 is 9.74. The number of nitrogens with one attached hydrogen (secondary N) is 1. The lowest BCUT2D eigenvalue weighted by Gasteiger charge is -2.22. The summed E-state index contributed by atoms with van der Waals surface area (Å²) in [4.78, 5) is 0. The molecule has 1 aromatic rings. The van der Waals surface area contributed by atoms with Crippen molar-refractivity contribution in [1.29, 1.82) is 0 Å². The van der Waals surface area contributed by atoms with E-state index < -0.39 is 0 Å². The molecule has 0 bridgehead atoms. The van der Waals surface area contributed by atoms with Crippen molar-refractivity contribution >= 4 is 27.5 Å². The second kappa shape index (κ2) is 8.38. The number of benzene rings is 1. The molecular weight excluding hydrogens is 336 g/mol. The van der Waals surface area contributed by atoms with Gasteiger partial charge in [-0.05, 0) is 36.5 Å². The Hall–Kier alpha value is -0.0900. The van der Waals surface area contributed by atoms with Crippen LogP contribution in [0.5, 0.6) is 0 Å². The average molecular weight is 360 g/mol. The molecule has 4 heteroatoms. The molecule has 0 spiro atoms. The monoisotopic (exact) mass is 358 g/mol. The van der Waals surface area contributed by atoms with Gasteiger partial charge in [-0.1, -0.05) is 72.1 Å². The molecule has 1 aliphatic carbocycles. The van der Waals surface area contributed by atoms with Crippen LogP contribution in [0.1, 0.15) is 50.5 Å². The van der Waals surface area contributed by atoms with E-state index in [1.165, 1.54) is 44.1 Å². The van der Waals surface area contributed by atoms with Gasteiger partial charge in [0.05, 0.1) is 0 Å². The first-order valence-corrected chi connectivity index (χ1v) is 8.76. The largest absolute Gasteiger partial charge is 0.271 e. The highest BCUT2D eigenvalue weighted by Gasteiger charge is 2.18. The number of halogens is 2. The van der Waals surface area contributed by atoms with Crippen molar-refractivity contribution in [1.82, 2.24) is 5.43 Å². The quantitative estimate of drug-likeness (QED) is 0.448. The van der Waals surface area contributed by atoms with E-state index in [-0.39, 0.29) is 0 Å². The Bertz CT molecular complexity index is 417. The van der Waals surface area contributed by atoms with Crippen molar-refractivity contribution in [3.8, 4) is 0 Å². The molecule has 1 unspecified atom stereocenters. The smallest absolute Gasteiger partial charge is 0.0449 e. The zero-order chi connectivity index (χ0) is 14.4. The molecule has 0 heterocycles. The van der Waals surface area contributed by atoms with E-state index in [4.69, 9.17) is 17.4 Å². The van der Waals surface area contributed by atoms with Gasteiger partial charge >= 0.3 is 0 Å². The van der Waals surface area contributed by atoms with Crippen LogP contribution in [0.25, 0.3) is 0 Å². The molecule has 1 atom stereocenters. The highest BCUT2D eigenvalue weighted by Crippen LogP contribution is 2.28. The van der Waals surface area contributed by atoms with E-state index in [1.54, 1.807) is 0 Å². The molecule has 2 nitrogen and oxygen atoms in total. The Labute approximate surface area is 135 Å². The van der Waals surface area contributed by atoms with E-state index in [0.29, 0.717) is 6.04 Å². The van der Waals surface area contributed by atoms with Gasteiger partial charge in [-0.25, -0.2) is 0 Å². The molecule has 1 aliphatic rings. The zero-order valence-corrected chi connectivity index (χ0v) is 14.2. The molecule has 1 aromatic carbocycles.